The molecule has 0 unspecified atom stereocenters. The molecule has 2 N–H and O–H groups in total. The van der Waals surface area contributed by atoms with Crippen molar-refractivity contribution in [1.29, 1.82) is 5.41 Å². The van der Waals surface area contributed by atoms with E-state index in [9.17, 15) is 10.1 Å². The highest BCUT2D eigenvalue weighted by atomic mass is 16.6. The summed E-state index contributed by atoms with van der Waals surface area (Å²) in [7, 11) is 3.21. The van der Waals surface area contributed by atoms with E-state index in [0.29, 0.717) is 17.2 Å². The monoisotopic (exact) mass is 401 g/mol. The van der Waals surface area contributed by atoms with Crippen molar-refractivity contribution < 1.29 is 9.66 Å². The van der Waals surface area contributed by atoms with Gasteiger partial charge in [-0.15, -0.1) is 0 Å². The molecule has 8 heteroatoms. The lowest BCUT2D eigenvalue weighted by molar-refractivity contribution is -0.385. The summed E-state index contributed by atoms with van der Waals surface area (Å²) in [6.45, 7) is 4.17. The number of nitro groups is 1. The van der Waals surface area contributed by atoms with Gasteiger partial charge in [-0.05, 0) is 38.8 Å². The van der Waals surface area contributed by atoms with Crippen LogP contribution in [0.2, 0.25) is 0 Å². The quantitative estimate of drug-likeness (QED) is 0.414. The normalized spacial score (nSPS) is 19.1. The molecule has 2 aliphatic rings. The lowest BCUT2D eigenvalue weighted by Gasteiger charge is -2.41. The third-order valence-corrected chi connectivity index (χ3v) is 5.97. The SMILES string of the molecule is CN/C=C(\C=N)c1cc([N+](=O)[O-])c(OC)cc1N1CCC(N2CCCCC2)CC1. The number of nitrogens with one attached hydrogen (secondary N) is 2. The van der Waals surface area contributed by atoms with Gasteiger partial charge < -0.3 is 25.3 Å². The van der Waals surface area contributed by atoms with Crippen LogP contribution in [0, 0.1) is 15.5 Å². The zero-order chi connectivity index (χ0) is 20.8. The van der Waals surface area contributed by atoms with Crippen LogP contribution < -0.4 is 15.0 Å². The molecule has 0 saturated carbocycles. The molecule has 29 heavy (non-hydrogen) atoms. The van der Waals surface area contributed by atoms with E-state index >= 15 is 0 Å². The number of benzene rings is 1. The number of nitro benzene ring substituents is 1. The first-order valence-electron chi connectivity index (χ1n) is 10.3. The minimum Gasteiger partial charge on any atom is -0.490 e. The molecule has 0 spiro atoms. The van der Waals surface area contributed by atoms with E-state index in [0.717, 1.165) is 31.6 Å². The van der Waals surface area contributed by atoms with E-state index in [1.165, 1.54) is 51.7 Å². The molecule has 0 bridgehead atoms. The first kappa shape index (κ1) is 21.1. The van der Waals surface area contributed by atoms with Gasteiger partial charge in [-0.1, -0.05) is 6.42 Å². The molecule has 2 heterocycles. The van der Waals surface area contributed by atoms with Crippen LogP contribution in [0.5, 0.6) is 5.75 Å². The number of hydrogen-bond donors (Lipinski definition) is 2. The molecular weight excluding hydrogens is 370 g/mol. The standard InChI is InChI=1S/C21H31N5O3/c1-23-15-16(14-22)18-12-20(26(27)28)21(29-2)13-19(18)25-10-6-17(7-11-25)24-8-4-3-5-9-24/h12-15,17,22-23H,3-11H2,1-2H3/b16-15+,22-14?. The van der Waals surface area contributed by atoms with Crippen molar-refractivity contribution in [2.45, 2.75) is 38.1 Å². The maximum Gasteiger partial charge on any atom is 0.311 e. The van der Waals surface area contributed by atoms with E-state index in [4.69, 9.17) is 10.1 Å². The van der Waals surface area contributed by atoms with Crippen LogP contribution in [0.4, 0.5) is 11.4 Å². The Hall–Kier alpha value is -2.61. The van der Waals surface area contributed by atoms with Gasteiger partial charge in [-0.25, -0.2) is 0 Å². The van der Waals surface area contributed by atoms with Crippen LogP contribution in [0.15, 0.2) is 18.3 Å². The molecule has 2 aliphatic heterocycles. The molecule has 0 radical (unpaired) electrons. The summed E-state index contributed by atoms with van der Waals surface area (Å²) in [4.78, 5) is 16.0. The highest BCUT2D eigenvalue weighted by Gasteiger charge is 2.29. The summed E-state index contributed by atoms with van der Waals surface area (Å²) < 4.78 is 5.31. The van der Waals surface area contributed by atoms with Gasteiger partial charge in [0.2, 0.25) is 0 Å². The molecule has 2 fully saturated rings. The fourth-order valence-corrected chi connectivity index (χ4v) is 4.46. The van der Waals surface area contributed by atoms with E-state index in [2.05, 4.69) is 15.1 Å². The van der Waals surface area contributed by atoms with E-state index in [1.807, 2.05) is 0 Å². The summed E-state index contributed by atoms with van der Waals surface area (Å²) >= 11 is 0. The van der Waals surface area contributed by atoms with Crippen LogP contribution in [-0.4, -0.2) is 62.4 Å². The number of likely N-dealkylation sites (tertiary alicyclic amines) is 1. The second kappa shape index (κ2) is 9.73. The first-order valence-corrected chi connectivity index (χ1v) is 10.3. The van der Waals surface area contributed by atoms with Crippen LogP contribution in [-0.2, 0) is 0 Å². The zero-order valence-corrected chi connectivity index (χ0v) is 17.3. The van der Waals surface area contributed by atoms with Gasteiger partial charge in [0, 0.05) is 67.6 Å². The molecule has 0 aliphatic carbocycles. The summed E-state index contributed by atoms with van der Waals surface area (Å²) in [5.74, 6) is 0.251. The summed E-state index contributed by atoms with van der Waals surface area (Å²) in [5.41, 5.74) is 2.08. The molecule has 1 aromatic rings. The van der Waals surface area contributed by atoms with Crippen molar-refractivity contribution in [3.63, 3.8) is 0 Å². The number of nitrogens with zero attached hydrogens (tertiary/aromatic N) is 3. The Morgan fingerprint density at radius 1 is 1.24 bits per heavy atom. The average molecular weight is 402 g/mol. The number of methoxy groups -OCH3 is 1. The number of rotatable bonds is 7. The van der Waals surface area contributed by atoms with Crippen molar-refractivity contribution in [3.8, 4) is 5.75 Å². The van der Waals surface area contributed by atoms with Crippen molar-refractivity contribution >= 4 is 23.2 Å². The van der Waals surface area contributed by atoms with E-state index < -0.39 is 4.92 Å². The largest absolute Gasteiger partial charge is 0.490 e. The van der Waals surface area contributed by atoms with Crippen molar-refractivity contribution in [2.75, 3.05) is 45.2 Å². The Kier molecular flexibility index (Phi) is 7.09. The summed E-state index contributed by atoms with van der Waals surface area (Å²) in [6.07, 6.45) is 9.01. The number of piperidine rings is 2. The predicted octanol–water partition coefficient (Wildman–Crippen LogP) is 3.27. The Bertz CT molecular complexity index is 766. The molecule has 2 saturated heterocycles. The maximum atomic E-state index is 11.5. The lowest BCUT2D eigenvalue weighted by Crippen LogP contribution is -2.46. The second-order valence-corrected chi connectivity index (χ2v) is 7.65. The van der Waals surface area contributed by atoms with Gasteiger partial charge in [-0.2, -0.15) is 0 Å². The molecule has 3 rings (SSSR count). The smallest absolute Gasteiger partial charge is 0.311 e. The number of anilines is 1. The molecule has 8 nitrogen and oxygen atoms in total. The van der Waals surface area contributed by atoms with Gasteiger partial charge in [0.1, 0.15) is 0 Å². The lowest BCUT2D eigenvalue weighted by atomic mass is 9.97. The first-order chi connectivity index (χ1) is 14.1. The Balaban J connectivity index is 1.90. The minimum absolute atomic E-state index is 0.0849. The number of ether oxygens (including phenoxy) is 1. The van der Waals surface area contributed by atoms with Gasteiger partial charge in [-0.3, -0.25) is 10.1 Å². The summed E-state index contributed by atoms with van der Waals surface area (Å²) in [5, 5.41) is 22.3. The van der Waals surface area contributed by atoms with Crippen LogP contribution in [0.25, 0.3) is 5.57 Å². The number of allylic oxidation sites excluding steroid dienone is 1. The molecule has 158 valence electrons. The molecule has 1 aromatic carbocycles. The van der Waals surface area contributed by atoms with Gasteiger partial charge >= 0.3 is 5.69 Å². The highest BCUT2D eigenvalue weighted by molar-refractivity contribution is 6.11. The number of hydrogen-bond acceptors (Lipinski definition) is 7. The fraction of sp³-hybridized carbons (Fsp3) is 0.571. The van der Waals surface area contributed by atoms with Crippen molar-refractivity contribution in [1.82, 2.24) is 10.2 Å². The Morgan fingerprint density at radius 3 is 2.48 bits per heavy atom. The van der Waals surface area contributed by atoms with Gasteiger partial charge in [0.15, 0.2) is 5.75 Å². The zero-order valence-electron chi connectivity index (χ0n) is 17.3. The summed E-state index contributed by atoms with van der Waals surface area (Å²) in [6, 6.07) is 3.89. The Morgan fingerprint density at radius 2 is 1.93 bits per heavy atom. The topological polar surface area (TPSA) is 94.7 Å². The molecule has 0 atom stereocenters. The van der Waals surface area contributed by atoms with Gasteiger partial charge in [0.25, 0.3) is 0 Å². The van der Waals surface area contributed by atoms with E-state index in [1.54, 1.807) is 19.3 Å². The third-order valence-electron chi connectivity index (χ3n) is 5.97. The minimum atomic E-state index is -0.435. The average Bonchev–Trinajstić information content (AvgIpc) is 2.77. The highest BCUT2D eigenvalue weighted by Crippen LogP contribution is 2.39. The van der Waals surface area contributed by atoms with Crippen molar-refractivity contribution in [2.24, 2.45) is 0 Å². The predicted molar refractivity (Wildman–Crippen MR) is 116 cm³/mol. The van der Waals surface area contributed by atoms with Crippen LogP contribution in [0.1, 0.15) is 37.7 Å². The van der Waals surface area contributed by atoms with Crippen molar-refractivity contribution in [3.05, 3.63) is 34.0 Å². The van der Waals surface area contributed by atoms with Crippen LogP contribution >= 0.6 is 0 Å². The molecular formula is C21H31N5O3. The Labute approximate surface area is 172 Å². The third kappa shape index (κ3) is 4.70. The van der Waals surface area contributed by atoms with Crippen LogP contribution in [0.3, 0.4) is 0 Å². The fourth-order valence-electron chi connectivity index (χ4n) is 4.46. The maximum absolute atomic E-state index is 11.5. The molecule has 0 aromatic heterocycles. The molecule has 0 amide bonds. The van der Waals surface area contributed by atoms with E-state index in [-0.39, 0.29) is 11.4 Å². The van der Waals surface area contributed by atoms with Gasteiger partial charge in [0.05, 0.1) is 12.0 Å². The second-order valence-electron chi connectivity index (χ2n) is 7.65.